The van der Waals surface area contributed by atoms with Crippen LogP contribution in [-0.4, -0.2) is 38.0 Å². The quantitative estimate of drug-likeness (QED) is 0.736. The molecule has 0 saturated carbocycles. The molecule has 1 aliphatic heterocycles. The number of rotatable bonds is 3. The number of piperidine rings is 1. The highest BCUT2D eigenvalue weighted by Gasteiger charge is 2.25. The number of amides is 1. The number of fused-ring (bicyclic) bond motifs is 1. The topological polar surface area (TPSA) is 43.1 Å². The number of benzene rings is 1. The third-order valence-electron chi connectivity index (χ3n) is 5.32. The molecule has 1 amide bonds. The zero-order chi connectivity index (χ0) is 17.4. The van der Waals surface area contributed by atoms with Gasteiger partial charge in [-0.1, -0.05) is 18.2 Å². The van der Waals surface area contributed by atoms with Crippen LogP contribution in [-0.2, 0) is 11.3 Å². The number of hydrogen-bond donors (Lipinski definition) is 0. The number of nitrogens with zero attached hydrogens (tertiary/aromatic N) is 4. The molecule has 0 bridgehead atoms. The molecular formula is C20H24N4O. The maximum Gasteiger partial charge on any atom is 0.242 e. The van der Waals surface area contributed by atoms with Crippen LogP contribution in [0.15, 0.2) is 42.7 Å². The van der Waals surface area contributed by atoms with E-state index in [2.05, 4.69) is 39.2 Å². The molecule has 25 heavy (non-hydrogen) atoms. The highest BCUT2D eigenvalue weighted by atomic mass is 16.2. The first-order valence-corrected chi connectivity index (χ1v) is 8.95. The molecule has 3 aromatic rings. The molecule has 3 heterocycles. The Balaban J connectivity index is 1.52. The minimum Gasteiger partial charge on any atom is -0.339 e. The number of carbonyl (C=O) groups is 1. The van der Waals surface area contributed by atoms with Gasteiger partial charge in [0.2, 0.25) is 5.91 Å². The van der Waals surface area contributed by atoms with Crippen molar-refractivity contribution < 1.29 is 4.79 Å². The molecule has 2 aromatic heterocycles. The standard InChI is InChI=1S/C20H24N4O/c1-15-12-17-6-3-4-8-19(17)24(15)14-20(25)22-10-5-7-18(13-22)23-11-9-21-16(23)2/h3-4,6,8-9,11-12,18H,5,7,10,13-14H2,1-2H3/t18-/m1/s1. The van der Waals surface area contributed by atoms with Crippen molar-refractivity contribution in [1.29, 1.82) is 0 Å². The largest absolute Gasteiger partial charge is 0.339 e. The first-order chi connectivity index (χ1) is 12.1. The molecule has 5 nitrogen and oxygen atoms in total. The van der Waals surface area contributed by atoms with Gasteiger partial charge in [-0.2, -0.15) is 0 Å². The van der Waals surface area contributed by atoms with Gasteiger partial charge in [0.15, 0.2) is 0 Å². The van der Waals surface area contributed by atoms with Gasteiger partial charge in [0.25, 0.3) is 0 Å². The Bertz CT molecular complexity index is 907. The molecule has 0 spiro atoms. The molecule has 0 radical (unpaired) electrons. The molecule has 1 aliphatic rings. The Labute approximate surface area is 147 Å². The molecule has 4 rings (SSSR count). The summed E-state index contributed by atoms with van der Waals surface area (Å²) in [5.41, 5.74) is 2.26. The van der Waals surface area contributed by atoms with E-state index in [4.69, 9.17) is 0 Å². The zero-order valence-electron chi connectivity index (χ0n) is 14.9. The predicted molar refractivity (Wildman–Crippen MR) is 98.5 cm³/mol. The van der Waals surface area contributed by atoms with E-state index >= 15 is 0 Å². The lowest BCUT2D eigenvalue weighted by Gasteiger charge is -2.34. The maximum absolute atomic E-state index is 12.9. The summed E-state index contributed by atoms with van der Waals surface area (Å²) >= 11 is 0. The Morgan fingerprint density at radius 3 is 2.92 bits per heavy atom. The summed E-state index contributed by atoms with van der Waals surface area (Å²) in [6, 6.07) is 10.7. The van der Waals surface area contributed by atoms with Crippen LogP contribution in [0.3, 0.4) is 0 Å². The Kier molecular flexibility index (Phi) is 4.07. The summed E-state index contributed by atoms with van der Waals surface area (Å²) in [6.45, 7) is 6.13. The van der Waals surface area contributed by atoms with Gasteiger partial charge in [0, 0.05) is 36.7 Å². The Hall–Kier alpha value is -2.56. The third-order valence-corrected chi connectivity index (χ3v) is 5.32. The Morgan fingerprint density at radius 1 is 1.28 bits per heavy atom. The molecule has 1 fully saturated rings. The van der Waals surface area contributed by atoms with Crippen molar-refractivity contribution in [2.24, 2.45) is 0 Å². The average Bonchev–Trinajstić information content (AvgIpc) is 3.18. The molecule has 0 unspecified atom stereocenters. The van der Waals surface area contributed by atoms with Gasteiger partial charge in [0.05, 0.1) is 6.04 Å². The van der Waals surface area contributed by atoms with Crippen LogP contribution in [0.4, 0.5) is 0 Å². The Morgan fingerprint density at radius 2 is 2.12 bits per heavy atom. The normalized spacial score (nSPS) is 18.0. The van der Waals surface area contributed by atoms with Gasteiger partial charge in [-0.15, -0.1) is 0 Å². The lowest BCUT2D eigenvalue weighted by Crippen LogP contribution is -2.42. The van der Waals surface area contributed by atoms with E-state index in [0.717, 1.165) is 43.0 Å². The van der Waals surface area contributed by atoms with Crippen molar-refractivity contribution >= 4 is 16.8 Å². The fourth-order valence-electron chi connectivity index (χ4n) is 3.98. The zero-order valence-corrected chi connectivity index (χ0v) is 14.9. The van der Waals surface area contributed by atoms with Gasteiger partial charge < -0.3 is 14.0 Å². The van der Waals surface area contributed by atoms with Gasteiger partial charge in [-0.3, -0.25) is 4.79 Å². The van der Waals surface area contributed by atoms with Gasteiger partial charge in [0.1, 0.15) is 12.4 Å². The van der Waals surface area contributed by atoms with Crippen LogP contribution in [0.2, 0.25) is 0 Å². The molecule has 0 aliphatic carbocycles. The number of aryl methyl sites for hydroxylation is 2. The van der Waals surface area contributed by atoms with Crippen LogP contribution >= 0.6 is 0 Å². The number of carbonyl (C=O) groups excluding carboxylic acids is 1. The number of likely N-dealkylation sites (tertiary alicyclic amines) is 1. The fraction of sp³-hybridized carbons (Fsp3) is 0.400. The summed E-state index contributed by atoms with van der Waals surface area (Å²) in [7, 11) is 0. The molecular weight excluding hydrogens is 312 g/mol. The minimum atomic E-state index is 0.201. The van der Waals surface area contributed by atoms with Gasteiger partial charge in [-0.25, -0.2) is 4.98 Å². The number of hydrogen-bond acceptors (Lipinski definition) is 2. The van der Waals surface area contributed by atoms with E-state index in [0.29, 0.717) is 12.6 Å². The summed E-state index contributed by atoms with van der Waals surface area (Å²) in [5, 5.41) is 1.19. The molecule has 0 N–H and O–H groups in total. The second kappa shape index (κ2) is 6.39. The summed E-state index contributed by atoms with van der Waals surface area (Å²) in [6.07, 6.45) is 6.01. The second-order valence-corrected chi connectivity index (χ2v) is 6.95. The van der Waals surface area contributed by atoms with Crippen molar-refractivity contribution in [2.75, 3.05) is 13.1 Å². The number of aromatic nitrogens is 3. The molecule has 1 aromatic carbocycles. The van der Waals surface area contributed by atoms with Crippen LogP contribution in [0.25, 0.3) is 10.9 Å². The molecule has 130 valence electrons. The minimum absolute atomic E-state index is 0.201. The van der Waals surface area contributed by atoms with E-state index < -0.39 is 0 Å². The van der Waals surface area contributed by atoms with E-state index in [-0.39, 0.29) is 5.91 Å². The van der Waals surface area contributed by atoms with Gasteiger partial charge >= 0.3 is 0 Å². The van der Waals surface area contributed by atoms with E-state index in [1.807, 2.05) is 36.4 Å². The SMILES string of the molecule is Cc1nccn1[C@@H]1CCCN(C(=O)Cn2c(C)cc3ccccc32)C1. The van der Waals surface area contributed by atoms with Gasteiger partial charge in [-0.05, 0) is 44.2 Å². The molecule has 5 heteroatoms. The highest BCUT2D eigenvalue weighted by Crippen LogP contribution is 2.24. The second-order valence-electron chi connectivity index (χ2n) is 6.95. The lowest BCUT2D eigenvalue weighted by atomic mass is 10.1. The first-order valence-electron chi connectivity index (χ1n) is 8.95. The summed E-state index contributed by atoms with van der Waals surface area (Å²) < 4.78 is 4.33. The average molecular weight is 336 g/mol. The smallest absolute Gasteiger partial charge is 0.242 e. The maximum atomic E-state index is 12.9. The van der Waals surface area contributed by atoms with Crippen molar-refractivity contribution in [3.8, 4) is 0 Å². The molecule has 1 atom stereocenters. The predicted octanol–water partition coefficient (Wildman–Crippen LogP) is 3.32. The van der Waals surface area contributed by atoms with Crippen LogP contribution in [0.5, 0.6) is 0 Å². The van der Waals surface area contributed by atoms with Crippen molar-refractivity contribution in [3.05, 3.63) is 54.2 Å². The monoisotopic (exact) mass is 336 g/mol. The van der Waals surface area contributed by atoms with Crippen molar-refractivity contribution in [3.63, 3.8) is 0 Å². The summed E-state index contributed by atoms with van der Waals surface area (Å²) in [5.74, 6) is 1.22. The van der Waals surface area contributed by atoms with E-state index in [9.17, 15) is 4.79 Å². The van der Waals surface area contributed by atoms with Crippen LogP contribution in [0.1, 0.15) is 30.4 Å². The van der Waals surface area contributed by atoms with E-state index in [1.54, 1.807) is 0 Å². The highest BCUT2D eigenvalue weighted by molar-refractivity contribution is 5.84. The summed E-state index contributed by atoms with van der Waals surface area (Å²) in [4.78, 5) is 19.3. The van der Waals surface area contributed by atoms with Crippen molar-refractivity contribution in [1.82, 2.24) is 19.0 Å². The van der Waals surface area contributed by atoms with Crippen molar-refractivity contribution in [2.45, 2.75) is 39.3 Å². The fourth-order valence-corrected chi connectivity index (χ4v) is 3.98. The third kappa shape index (κ3) is 2.95. The van der Waals surface area contributed by atoms with E-state index in [1.165, 1.54) is 5.39 Å². The van der Waals surface area contributed by atoms with Crippen LogP contribution < -0.4 is 0 Å². The lowest BCUT2D eigenvalue weighted by molar-refractivity contribution is -0.133. The van der Waals surface area contributed by atoms with Crippen LogP contribution in [0, 0.1) is 13.8 Å². The number of para-hydroxylation sites is 1. The first kappa shape index (κ1) is 15.9. The molecule has 1 saturated heterocycles. The number of imidazole rings is 1.